The van der Waals surface area contributed by atoms with Gasteiger partial charge in [-0.25, -0.2) is 4.79 Å². The van der Waals surface area contributed by atoms with Crippen molar-refractivity contribution in [3.05, 3.63) is 35.4 Å². The van der Waals surface area contributed by atoms with Crippen molar-refractivity contribution in [3.63, 3.8) is 0 Å². The van der Waals surface area contributed by atoms with Crippen LogP contribution >= 0.6 is 0 Å². The van der Waals surface area contributed by atoms with Gasteiger partial charge in [-0.15, -0.1) is 0 Å². The zero-order valence-electron chi connectivity index (χ0n) is 15.1. The lowest BCUT2D eigenvalue weighted by Gasteiger charge is -2.34. The first-order valence-corrected chi connectivity index (χ1v) is 8.58. The first-order chi connectivity index (χ1) is 13.4. The molecule has 0 bridgehead atoms. The summed E-state index contributed by atoms with van der Waals surface area (Å²) in [5, 5.41) is 1.95. The summed E-state index contributed by atoms with van der Waals surface area (Å²) in [5.41, 5.74) is -0.235. The van der Waals surface area contributed by atoms with Crippen molar-refractivity contribution < 1.29 is 40.7 Å². The highest BCUT2D eigenvalue weighted by molar-refractivity contribution is 5.82. The van der Waals surface area contributed by atoms with Crippen molar-refractivity contribution >= 4 is 12.0 Å². The summed E-state index contributed by atoms with van der Waals surface area (Å²) in [6.07, 6.45) is -10.4. The average molecular weight is 427 g/mol. The fourth-order valence-corrected chi connectivity index (χ4v) is 2.72. The molecule has 1 aromatic rings. The van der Waals surface area contributed by atoms with Gasteiger partial charge in [0.1, 0.15) is 6.54 Å². The van der Waals surface area contributed by atoms with Gasteiger partial charge in [-0.05, 0) is 11.6 Å². The third-order valence-electron chi connectivity index (χ3n) is 4.14. The molecule has 1 aliphatic heterocycles. The second-order valence-corrected chi connectivity index (χ2v) is 6.40. The van der Waals surface area contributed by atoms with Crippen LogP contribution in [-0.2, 0) is 22.3 Å². The van der Waals surface area contributed by atoms with Crippen molar-refractivity contribution in [2.75, 3.05) is 39.3 Å². The highest BCUT2D eigenvalue weighted by Gasteiger charge is 2.31. The Morgan fingerprint density at radius 1 is 1.03 bits per heavy atom. The zero-order valence-corrected chi connectivity index (χ0v) is 15.1. The summed E-state index contributed by atoms with van der Waals surface area (Å²) in [4.78, 5) is 26.4. The number of carbonyl (C=O) groups excluding carboxylic acids is 2. The number of carbonyl (C=O) groups is 2. The van der Waals surface area contributed by atoms with Gasteiger partial charge in [0, 0.05) is 32.7 Å². The predicted molar refractivity (Wildman–Crippen MR) is 88.7 cm³/mol. The molecule has 1 N–H and O–H groups in total. The number of rotatable bonds is 5. The number of halogens is 6. The fourth-order valence-electron chi connectivity index (χ4n) is 2.72. The van der Waals surface area contributed by atoms with E-state index in [2.05, 4.69) is 4.74 Å². The Labute approximate surface area is 162 Å². The molecule has 0 aliphatic carbocycles. The standard InChI is InChI=1S/C17H19F6N3O3/c18-16(19,20)11-29-15(28)24-9-14(27)26-6-4-25(5-7-26)10-12-2-1-3-13(8-12)17(21,22)23/h1-3,8H,4-7,9-11H2,(H,24,28). The van der Waals surface area contributed by atoms with Crippen molar-refractivity contribution in [1.82, 2.24) is 15.1 Å². The Balaban J connectivity index is 1.74. The number of hydrogen-bond acceptors (Lipinski definition) is 4. The summed E-state index contributed by atoms with van der Waals surface area (Å²) in [6, 6.07) is 4.99. The van der Waals surface area contributed by atoms with E-state index in [4.69, 9.17) is 0 Å². The molecule has 0 spiro atoms. The van der Waals surface area contributed by atoms with E-state index in [-0.39, 0.29) is 19.6 Å². The van der Waals surface area contributed by atoms with E-state index in [0.29, 0.717) is 18.7 Å². The zero-order chi connectivity index (χ0) is 21.7. The van der Waals surface area contributed by atoms with Crippen LogP contribution in [0.4, 0.5) is 31.1 Å². The Kier molecular flexibility index (Phi) is 7.33. The van der Waals surface area contributed by atoms with Crippen molar-refractivity contribution in [2.24, 2.45) is 0 Å². The Morgan fingerprint density at radius 3 is 2.28 bits per heavy atom. The molecule has 0 aromatic heterocycles. The quantitative estimate of drug-likeness (QED) is 0.735. The number of alkyl carbamates (subject to hydrolysis) is 1. The first-order valence-electron chi connectivity index (χ1n) is 8.58. The summed E-state index contributed by atoms with van der Waals surface area (Å²) >= 11 is 0. The van der Waals surface area contributed by atoms with E-state index in [1.807, 2.05) is 10.2 Å². The smallest absolute Gasteiger partial charge is 0.422 e. The third kappa shape index (κ3) is 7.80. The van der Waals surface area contributed by atoms with Gasteiger partial charge in [0.2, 0.25) is 5.91 Å². The van der Waals surface area contributed by atoms with Gasteiger partial charge in [0.15, 0.2) is 6.61 Å². The molecule has 2 amide bonds. The van der Waals surface area contributed by atoms with Crippen LogP contribution in [0.3, 0.4) is 0 Å². The fraction of sp³-hybridized carbons (Fsp3) is 0.529. The highest BCUT2D eigenvalue weighted by atomic mass is 19.4. The maximum Gasteiger partial charge on any atom is 0.422 e. The normalized spacial score (nSPS) is 15.9. The van der Waals surface area contributed by atoms with E-state index < -0.39 is 43.1 Å². The van der Waals surface area contributed by atoms with E-state index >= 15 is 0 Å². The summed E-state index contributed by atoms with van der Waals surface area (Å²) in [7, 11) is 0. The van der Waals surface area contributed by atoms with Crippen LogP contribution in [0.25, 0.3) is 0 Å². The molecule has 12 heteroatoms. The molecule has 162 valence electrons. The van der Waals surface area contributed by atoms with Gasteiger partial charge >= 0.3 is 18.4 Å². The van der Waals surface area contributed by atoms with Crippen LogP contribution in [0.15, 0.2) is 24.3 Å². The number of piperazine rings is 1. The molecule has 29 heavy (non-hydrogen) atoms. The van der Waals surface area contributed by atoms with Gasteiger partial charge < -0.3 is 15.0 Å². The second-order valence-electron chi connectivity index (χ2n) is 6.40. The number of amides is 2. The first kappa shape index (κ1) is 22.8. The van der Waals surface area contributed by atoms with Crippen LogP contribution < -0.4 is 5.32 Å². The largest absolute Gasteiger partial charge is 0.440 e. The number of ether oxygens (including phenoxy) is 1. The molecule has 1 heterocycles. The van der Waals surface area contributed by atoms with Crippen LogP contribution in [0.5, 0.6) is 0 Å². The minimum atomic E-state index is -4.66. The molecule has 0 radical (unpaired) electrons. The highest BCUT2D eigenvalue weighted by Crippen LogP contribution is 2.29. The lowest BCUT2D eigenvalue weighted by atomic mass is 10.1. The molecular formula is C17H19F6N3O3. The molecule has 1 aromatic carbocycles. The number of nitrogens with one attached hydrogen (secondary N) is 1. The van der Waals surface area contributed by atoms with Gasteiger partial charge in [-0.1, -0.05) is 18.2 Å². The third-order valence-corrected chi connectivity index (χ3v) is 4.14. The van der Waals surface area contributed by atoms with Crippen molar-refractivity contribution in [2.45, 2.75) is 18.9 Å². The van der Waals surface area contributed by atoms with Gasteiger partial charge in [-0.3, -0.25) is 9.69 Å². The maximum absolute atomic E-state index is 12.8. The van der Waals surface area contributed by atoms with Crippen molar-refractivity contribution in [3.8, 4) is 0 Å². The number of nitrogens with zero attached hydrogens (tertiary/aromatic N) is 2. The molecular weight excluding hydrogens is 408 g/mol. The van der Waals surface area contributed by atoms with Gasteiger partial charge in [-0.2, -0.15) is 26.3 Å². The SMILES string of the molecule is O=C(NCC(=O)N1CCN(Cc2cccc(C(F)(F)F)c2)CC1)OCC(F)(F)F. The predicted octanol–water partition coefficient (Wildman–Crippen LogP) is 2.64. The van der Waals surface area contributed by atoms with E-state index in [9.17, 15) is 35.9 Å². The van der Waals surface area contributed by atoms with Crippen LogP contribution in [0, 0.1) is 0 Å². The van der Waals surface area contributed by atoms with E-state index in [1.54, 1.807) is 6.07 Å². The monoisotopic (exact) mass is 427 g/mol. The van der Waals surface area contributed by atoms with Gasteiger partial charge in [0.25, 0.3) is 0 Å². The Hall–Kier alpha value is -2.50. The molecule has 0 atom stereocenters. The van der Waals surface area contributed by atoms with E-state index in [1.165, 1.54) is 11.0 Å². The molecule has 1 fully saturated rings. The lowest BCUT2D eigenvalue weighted by Crippen LogP contribution is -2.51. The number of benzene rings is 1. The summed E-state index contributed by atoms with van der Waals surface area (Å²) < 4.78 is 78.1. The molecule has 1 saturated heterocycles. The number of hydrogen-bond donors (Lipinski definition) is 1. The molecule has 0 unspecified atom stereocenters. The topological polar surface area (TPSA) is 61.9 Å². The Morgan fingerprint density at radius 2 is 1.69 bits per heavy atom. The van der Waals surface area contributed by atoms with Crippen LogP contribution in [0.2, 0.25) is 0 Å². The Bertz CT molecular complexity index is 715. The average Bonchev–Trinajstić information content (AvgIpc) is 2.64. The maximum atomic E-state index is 12.8. The minimum Gasteiger partial charge on any atom is -0.440 e. The molecule has 2 rings (SSSR count). The summed E-state index contributed by atoms with van der Waals surface area (Å²) in [6.45, 7) is -0.616. The minimum absolute atomic E-state index is 0.275. The summed E-state index contributed by atoms with van der Waals surface area (Å²) in [5.74, 6) is -0.493. The van der Waals surface area contributed by atoms with Crippen LogP contribution in [0.1, 0.15) is 11.1 Å². The van der Waals surface area contributed by atoms with E-state index in [0.717, 1.165) is 12.1 Å². The van der Waals surface area contributed by atoms with Crippen molar-refractivity contribution in [1.29, 1.82) is 0 Å². The lowest BCUT2D eigenvalue weighted by molar-refractivity contribution is -0.160. The number of alkyl halides is 6. The second kappa shape index (κ2) is 9.33. The van der Waals surface area contributed by atoms with Gasteiger partial charge in [0.05, 0.1) is 5.56 Å². The molecule has 0 saturated carbocycles. The van der Waals surface area contributed by atoms with Crippen LogP contribution in [-0.4, -0.2) is 67.3 Å². The molecule has 6 nitrogen and oxygen atoms in total. The molecule has 1 aliphatic rings.